The van der Waals surface area contributed by atoms with Gasteiger partial charge < -0.3 is 9.84 Å². The average Bonchev–Trinajstić information content (AvgIpc) is 2.88. The Balaban J connectivity index is 1.90. The maximum Gasteiger partial charge on any atom is 0.306 e. The maximum atomic E-state index is 13.3. The standard InChI is InChI=1S/C12H11F2N3O4/c13-8-1-2-11(14)12(3-8)21-7-10(18)6-16-5-9(4-15-16)17(19)20/h1-5,10,18H,6-7H2. The van der Waals surface area contributed by atoms with Gasteiger partial charge in [0.05, 0.1) is 11.5 Å². The number of hydrogen-bond acceptors (Lipinski definition) is 5. The third-order valence-electron chi connectivity index (χ3n) is 2.55. The molecule has 0 spiro atoms. The second-order valence-corrected chi connectivity index (χ2v) is 4.22. The first-order valence-corrected chi connectivity index (χ1v) is 5.88. The molecule has 0 saturated heterocycles. The van der Waals surface area contributed by atoms with Crippen LogP contribution < -0.4 is 4.74 Å². The quantitative estimate of drug-likeness (QED) is 0.645. The van der Waals surface area contributed by atoms with E-state index in [1.54, 1.807) is 0 Å². The second kappa shape index (κ2) is 6.27. The molecule has 21 heavy (non-hydrogen) atoms. The van der Waals surface area contributed by atoms with Crippen LogP contribution in [0.25, 0.3) is 0 Å². The van der Waals surface area contributed by atoms with Gasteiger partial charge in [0.25, 0.3) is 0 Å². The predicted octanol–water partition coefficient (Wildman–Crippen LogP) is 1.51. The molecule has 0 aliphatic heterocycles. The van der Waals surface area contributed by atoms with E-state index in [1.807, 2.05) is 0 Å². The first kappa shape index (κ1) is 14.9. The fourth-order valence-electron chi connectivity index (χ4n) is 1.59. The topological polar surface area (TPSA) is 90.4 Å². The normalized spacial score (nSPS) is 12.1. The molecule has 2 aromatic rings. The molecule has 112 valence electrons. The molecular formula is C12H11F2N3O4. The van der Waals surface area contributed by atoms with E-state index in [2.05, 4.69) is 5.10 Å². The predicted molar refractivity (Wildman–Crippen MR) is 66.7 cm³/mol. The van der Waals surface area contributed by atoms with Gasteiger partial charge in [0.2, 0.25) is 0 Å². The first-order chi connectivity index (χ1) is 9.95. The minimum atomic E-state index is -1.09. The summed E-state index contributed by atoms with van der Waals surface area (Å²) in [6.07, 6.45) is 1.10. The molecular weight excluding hydrogens is 288 g/mol. The van der Waals surface area contributed by atoms with Crippen LogP contribution in [0.5, 0.6) is 5.75 Å². The minimum Gasteiger partial charge on any atom is -0.488 e. The van der Waals surface area contributed by atoms with Gasteiger partial charge in [-0.2, -0.15) is 5.10 Å². The van der Waals surface area contributed by atoms with Crippen molar-refractivity contribution in [3.8, 4) is 5.75 Å². The van der Waals surface area contributed by atoms with Gasteiger partial charge in [-0.25, -0.2) is 8.78 Å². The van der Waals surface area contributed by atoms with Crippen LogP contribution in [0, 0.1) is 21.7 Å². The van der Waals surface area contributed by atoms with E-state index >= 15 is 0 Å². The fourth-order valence-corrected chi connectivity index (χ4v) is 1.59. The van der Waals surface area contributed by atoms with Crippen molar-refractivity contribution in [2.45, 2.75) is 12.6 Å². The fraction of sp³-hybridized carbons (Fsp3) is 0.250. The average molecular weight is 299 g/mol. The van der Waals surface area contributed by atoms with Gasteiger partial charge in [0.1, 0.15) is 30.9 Å². The summed E-state index contributed by atoms with van der Waals surface area (Å²) >= 11 is 0. The molecule has 0 radical (unpaired) electrons. The van der Waals surface area contributed by atoms with Crippen LogP contribution in [0.3, 0.4) is 0 Å². The Kier molecular flexibility index (Phi) is 4.43. The van der Waals surface area contributed by atoms with Crippen molar-refractivity contribution in [1.29, 1.82) is 0 Å². The van der Waals surface area contributed by atoms with Crippen LogP contribution in [0.2, 0.25) is 0 Å². The summed E-state index contributed by atoms with van der Waals surface area (Å²) in [5, 5.41) is 23.9. The highest BCUT2D eigenvalue weighted by Crippen LogP contribution is 2.18. The third-order valence-corrected chi connectivity index (χ3v) is 2.55. The maximum absolute atomic E-state index is 13.3. The number of halogens is 2. The zero-order chi connectivity index (χ0) is 15.4. The minimum absolute atomic E-state index is 0.0786. The number of nitrogens with zero attached hydrogens (tertiary/aromatic N) is 3. The molecule has 0 aliphatic carbocycles. The van der Waals surface area contributed by atoms with Crippen molar-refractivity contribution < 1.29 is 23.5 Å². The Morgan fingerprint density at radius 2 is 2.24 bits per heavy atom. The van der Waals surface area contributed by atoms with Gasteiger partial charge in [-0.15, -0.1) is 0 Å². The number of aliphatic hydroxyl groups is 1. The SMILES string of the molecule is O=[N+]([O-])c1cnn(CC(O)COc2cc(F)ccc2F)c1. The highest BCUT2D eigenvalue weighted by Gasteiger charge is 2.13. The van der Waals surface area contributed by atoms with Crippen molar-refractivity contribution in [2.24, 2.45) is 0 Å². The van der Waals surface area contributed by atoms with Gasteiger partial charge in [0.15, 0.2) is 11.6 Å². The van der Waals surface area contributed by atoms with Crippen LogP contribution in [-0.2, 0) is 6.54 Å². The summed E-state index contributed by atoms with van der Waals surface area (Å²) in [5.41, 5.74) is -0.209. The van der Waals surface area contributed by atoms with Gasteiger partial charge in [-0.3, -0.25) is 14.8 Å². The molecule has 0 bridgehead atoms. The largest absolute Gasteiger partial charge is 0.488 e. The molecule has 0 fully saturated rings. The Bertz CT molecular complexity index is 647. The van der Waals surface area contributed by atoms with Crippen molar-refractivity contribution in [1.82, 2.24) is 9.78 Å². The molecule has 7 nitrogen and oxygen atoms in total. The lowest BCUT2D eigenvalue weighted by Crippen LogP contribution is -2.24. The van der Waals surface area contributed by atoms with E-state index in [0.717, 1.165) is 35.3 Å². The highest BCUT2D eigenvalue weighted by atomic mass is 19.1. The monoisotopic (exact) mass is 299 g/mol. The van der Waals surface area contributed by atoms with Crippen LogP contribution in [-0.4, -0.2) is 32.5 Å². The van der Waals surface area contributed by atoms with Crippen molar-refractivity contribution >= 4 is 5.69 Å². The first-order valence-electron chi connectivity index (χ1n) is 5.88. The van der Waals surface area contributed by atoms with Gasteiger partial charge >= 0.3 is 5.69 Å². The van der Waals surface area contributed by atoms with Crippen LogP contribution in [0.15, 0.2) is 30.6 Å². The number of aromatic nitrogens is 2. The van der Waals surface area contributed by atoms with Crippen molar-refractivity contribution in [3.63, 3.8) is 0 Å². The second-order valence-electron chi connectivity index (χ2n) is 4.22. The summed E-state index contributed by atoms with van der Waals surface area (Å²) in [6, 6.07) is 2.72. The van der Waals surface area contributed by atoms with Crippen LogP contribution in [0.1, 0.15) is 0 Å². The van der Waals surface area contributed by atoms with E-state index < -0.39 is 22.7 Å². The Morgan fingerprint density at radius 3 is 2.90 bits per heavy atom. The molecule has 0 saturated carbocycles. The van der Waals surface area contributed by atoms with E-state index in [-0.39, 0.29) is 24.6 Å². The summed E-state index contributed by atoms with van der Waals surface area (Å²) in [6.45, 7) is -0.390. The number of ether oxygens (including phenoxy) is 1. The molecule has 1 N–H and O–H groups in total. The Morgan fingerprint density at radius 1 is 1.48 bits per heavy atom. The Labute approximate surface area is 117 Å². The molecule has 1 aromatic carbocycles. The number of nitro groups is 1. The molecule has 1 aromatic heterocycles. The van der Waals surface area contributed by atoms with Gasteiger partial charge in [-0.1, -0.05) is 0 Å². The van der Waals surface area contributed by atoms with E-state index in [0.29, 0.717) is 0 Å². The lowest BCUT2D eigenvalue weighted by Gasteiger charge is -2.12. The summed E-state index contributed by atoms with van der Waals surface area (Å²) in [7, 11) is 0. The molecule has 2 rings (SSSR count). The van der Waals surface area contributed by atoms with E-state index in [4.69, 9.17) is 4.74 Å². The van der Waals surface area contributed by atoms with Crippen LogP contribution >= 0.6 is 0 Å². The smallest absolute Gasteiger partial charge is 0.306 e. The molecule has 1 atom stereocenters. The van der Waals surface area contributed by atoms with Crippen molar-refractivity contribution in [3.05, 3.63) is 52.3 Å². The summed E-state index contributed by atoms with van der Waals surface area (Å²) in [5.74, 6) is -1.73. The number of rotatable bonds is 6. The zero-order valence-corrected chi connectivity index (χ0v) is 10.6. The molecule has 0 aliphatic rings. The number of hydrogen-bond donors (Lipinski definition) is 1. The third kappa shape index (κ3) is 3.96. The summed E-state index contributed by atoms with van der Waals surface area (Å²) < 4.78 is 32.3. The lowest BCUT2D eigenvalue weighted by atomic mass is 10.3. The Hall–Kier alpha value is -2.55. The lowest BCUT2D eigenvalue weighted by molar-refractivity contribution is -0.385. The van der Waals surface area contributed by atoms with Gasteiger partial charge in [-0.05, 0) is 12.1 Å². The van der Waals surface area contributed by atoms with Crippen LogP contribution in [0.4, 0.5) is 14.5 Å². The molecule has 1 unspecified atom stereocenters. The van der Waals surface area contributed by atoms with E-state index in [9.17, 15) is 24.0 Å². The molecule has 0 amide bonds. The van der Waals surface area contributed by atoms with Gasteiger partial charge in [0, 0.05) is 6.07 Å². The molecule has 9 heteroatoms. The molecule has 1 heterocycles. The van der Waals surface area contributed by atoms with Crippen molar-refractivity contribution in [2.75, 3.05) is 6.61 Å². The number of aliphatic hydroxyl groups excluding tert-OH is 1. The summed E-state index contributed by atoms with van der Waals surface area (Å²) in [4.78, 5) is 9.85. The van der Waals surface area contributed by atoms with E-state index in [1.165, 1.54) is 0 Å². The highest BCUT2D eigenvalue weighted by molar-refractivity contribution is 5.25. The zero-order valence-electron chi connectivity index (χ0n) is 10.6. The number of benzene rings is 1.